The normalized spacial score (nSPS) is 23.2. The number of phosphoric ester groups is 1. The van der Waals surface area contributed by atoms with Crippen molar-refractivity contribution >= 4 is 19.8 Å². The van der Waals surface area contributed by atoms with Crippen LogP contribution in [-0.2, 0) is 32.7 Å². The summed E-state index contributed by atoms with van der Waals surface area (Å²) in [4.78, 5) is 35.6. The quantitative estimate of drug-likeness (QED) is 0.0160. The van der Waals surface area contributed by atoms with E-state index >= 15 is 0 Å². The van der Waals surface area contributed by atoms with Crippen molar-refractivity contribution in [2.24, 2.45) is 0 Å². The second-order valence-electron chi connectivity index (χ2n) is 14.8. The molecule has 0 radical (unpaired) electrons. The summed E-state index contributed by atoms with van der Waals surface area (Å²) in [5, 5.41) is 50.0. The van der Waals surface area contributed by atoms with Crippen LogP contribution in [0.3, 0.4) is 0 Å². The number of hydrogen-bond acceptors (Lipinski definition) is 12. The Balaban J connectivity index is 2.54. The van der Waals surface area contributed by atoms with E-state index in [0.717, 1.165) is 70.6 Å². The first-order chi connectivity index (χ1) is 27.4. The maximum absolute atomic E-state index is 12.8. The smallest absolute Gasteiger partial charge is 0.462 e. The molecular weight excluding hydrogens is 755 g/mol. The van der Waals surface area contributed by atoms with Crippen LogP contribution in [0.4, 0.5) is 0 Å². The first kappa shape index (κ1) is 52.8. The standard InChI is InChI=1S/C43H75O13P/c1-3-5-7-9-11-13-15-17-18-20-21-23-25-27-29-31-36(44)53-33-35(34-54-57(51,52)56-43-41(49)39(47)38(46)40(48)42(43)50)55-37(45)32-30-28-26-24-22-19-16-14-12-10-8-6-4-2/h11,13-14,16-18,21,23,35,38-43,46-50H,3-10,12,15,19-20,22,24-34H2,1-2H3,(H,51,52)/b13-11-,16-14-,18-17-,23-21-/t35-,38?,39-,40?,41?,42?,43?/m1/s1. The molecule has 8 atom stereocenters. The molecule has 1 aliphatic carbocycles. The fourth-order valence-corrected chi connectivity index (χ4v) is 7.08. The number of carbonyl (C=O) groups excluding carboxylic acids is 2. The van der Waals surface area contributed by atoms with E-state index in [-0.39, 0.29) is 12.8 Å². The first-order valence-electron chi connectivity index (χ1n) is 21.4. The molecule has 0 saturated heterocycles. The molecule has 14 heteroatoms. The molecule has 330 valence electrons. The van der Waals surface area contributed by atoms with Crippen molar-refractivity contribution in [1.29, 1.82) is 0 Å². The zero-order valence-corrected chi connectivity index (χ0v) is 35.5. The van der Waals surface area contributed by atoms with E-state index in [1.54, 1.807) is 0 Å². The number of allylic oxidation sites excluding steroid dienone is 8. The lowest BCUT2D eigenvalue weighted by Gasteiger charge is -2.41. The minimum absolute atomic E-state index is 0.0768. The van der Waals surface area contributed by atoms with Gasteiger partial charge in [-0.2, -0.15) is 0 Å². The van der Waals surface area contributed by atoms with E-state index < -0.39 is 75.7 Å². The van der Waals surface area contributed by atoms with Crippen LogP contribution in [0.2, 0.25) is 0 Å². The summed E-state index contributed by atoms with van der Waals surface area (Å²) >= 11 is 0. The number of hydrogen-bond donors (Lipinski definition) is 6. The summed E-state index contributed by atoms with van der Waals surface area (Å²) < 4.78 is 33.4. The Morgan fingerprint density at radius 2 is 0.947 bits per heavy atom. The predicted molar refractivity (Wildman–Crippen MR) is 221 cm³/mol. The first-order valence-corrected chi connectivity index (χ1v) is 22.9. The van der Waals surface area contributed by atoms with Gasteiger partial charge >= 0.3 is 19.8 Å². The van der Waals surface area contributed by atoms with Crippen molar-refractivity contribution in [3.05, 3.63) is 48.6 Å². The van der Waals surface area contributed by atoms with Gasteiger partial charge in [-0.05, 0) is 77.0 Å². The zero-order chi connectivity index (χ0) is 42.2. The highest BCUT2D eigenvalue weighted by Crippen LogP contribution is 2.47. The molecule has 1 fully saturated rings. The molecule has 0 heterocycles. The van der Waals surface area contributed by atoms with E-state index in [1.807, 2.05) is 0 Å². The molecular formula is C43H75O13P. The van der Waals surface area contributed by atoms with Gasteiger partial charge in [-0.1, -0.05) is 114 Å². The SMILES string of the molecule is CCCCC/C=C\C/C=C\C/C=C\CCCCC(=O)OC[C@H](COP(=O)(O)OC1C(O)C(O)C(O)[C@@H](O)C1O)OC(=O)CCCCCCC/C=C\CCCCCC. The molecule has 6 unspecified atom stereocenters. The van der Waals surface area contributed by atoms with Gasteiger partial charge in [-0.25, -0.2) is 4.57 Å². The molecule has 13 nitrogen and oxygen atoms in total. The fourth-order valence-electron chi connectivity index (χ4n) is 6.11. The number of unbranched alkanes of at least 4 members (excludes halogenated alkanes) is 14. The second kappa shape index (κ2) is 33.6. The number of phosphoric acid groups is 1. The number of aliphatic hydroxyl groups excluding tert-OH is 5. The van der Waals surface area contributed by atoms with Gasteiger partial charge in [-0.15, -0.1) is 0 Å². The third-order valence-electron chi connectivity index (χ3n) is 9.64. The van der Waals surface area contributed by atoms with E-state index in [9.17, 15) is 44.6 Å². The van der Waals surface area contributed by atoms with E-state index in [0.29, 0.717) is 12.8 Å². The van der Waals surface area contributed by atoms with Crippen LogP contribution in [0.5, 0.6) is 0 Å². The van der Waals surface area contributed by atoms with Gasteiger partial charge < -0.3 is 39.9 Å². The Morgan fingerprint density at radius 1 is 0.544 bits per heavy atom. The molecule has 0 amide bonds. The van der Waals surface area contributed by atoms with Gasteiger partial charge in [0.15, 0.2) is 6.10 Å². The molecule has 0 aromatic heterocycles. The summed E-state index contributed by atoms with van der Waals surface area (Å²) in [5.41, 5.74) is 0. The molecule has 1 aliphatic rings. The Labute approximate surface area is 341 Å². The summed E-state index contributed by atoms with van der Waals surface area (Å²) in [6, 6.07) is 0. The summed E-state index contributed by atoms with van der Waals surface area (Å²) in [5.74, 6) is -1.16. The number of rotatable bonds is 34. The Bertz CT molecular complexity index is 1190. The van der Waals surface area contributed by atoms with Crippen molar-refractivity contribution in [2.45, 2.75) is 198 Å². The molecule has 6 N–H and O–H groups in total. The Morgan fingerprint density at radius 3 is 1.53 bits per heavy atom. The summed E-state index contributed by atoms with van der Waals surface area (Å²) in [6.45, 7) is 3.19. The largest absolute Gasteiger partial charge is 0.472 e. The third kappa shape index (κ3) is 26.5. The minimum Gasteiger partial charge on any atom is -0.462 e. The van der Waals surface area contributed by atoms with E-state index in [4.69, 9.17) is 18.5 Å². The van der Waals surface area contributed by atoms with Gasteiger partial charge in [-0.3, -0.25) is 18.6 Å². The highest BCUT2D eigenvalue weighted by Gasteiger charge is 2.51. The number of aliphatic hydroxyl groups is 5. The predicted octanol–water partition coefficient (Wildman–Crippen LogP) is 7.61. The van der Waals surface area contributed by atoms with Gasteiger partial charge in [0, 0.05) is 12.8 Å². The zero-order valence-electron chi connectivity index (χ0n) is 34.6. The van der Waals surface area contributed by atoms with Crippen LogP contribution in [0.25, 0.3) is 0 Å². The number of carbonyl (C=O) groups is 2. The third-order valence-corrected chi connectivity index (χ3v) is 10.6. The van der Waals surface area contributed by atoms with Crippen LogP contribution < -0.4 is 0 Å². The van der Waals surface area contributed by atoms with Crippen molar-refractivity contribution in [3.8, 4) is 0 Å². The average molecular weight is 831 g/mol. The summed E-state index contributed by atoms with van der Waals surface area (Å²) in [6.07, 6.45) is 24.6. The monoisotopic (exact) mass is 830 g/mol. The van der Waals surface area contributed by atoms with Gasteiger partial charge in [0.25, 0.3) is 0 Å². The lowest BCUT2D eigenvalue weighted by Crippen LogP contribution is -2.64. The molecule has 0 aromatic rings. The van der Waals surface area contributed by atoms with Gasteiger partial charge in [0.2, 0.25) is 0 Å². The highest BCUT2D eigenvalue weighted by atomic mass is 31.2. The molecule has 0 spiro atoms. The Hall–Kier alpha value is -2.19. The van der Waals surface area contributed by atoms with Gasteiger partial charge in [0.05, 0.1) is 6.61 Å². The van der Waals surface area contributed by atoms with Crippen molar-refractivity contribution in [1.82, 2.24) is 0 Å². The van der Waals surface area contributed by atoms with Crippen LogP contribution in [0.1, 0.15) is 155 Å². The molecule has 1 rings (SSSR count). The van der Waals surface area contributed by atoms with Crippen LogP contribution in [0, 0.1) is 0 Å². The topological polar surface area (TPSA) is 210 Å². The van der Waals surface area contributed by atoms with Crippen LogP contribution in [0.15, 0.2) is 48.6 Å². The lowest BCUT2D eigenvalue weighted by molar-refractivity contribution is -0.220. The molecule has 0 bridgehead atoms. The second-order valence-corrected chi connectivity index (χ2v) is 16.2. The summed E-state index contributed by atoms with van der Waals surface area (Å²) in [7, 11) is -5.12. The van der Waals surface area contributed by atoms with Gasteiger partial charge in [0.1, 0.15) is 43.2 Å². The average Bonchev–Trinajstić information content (AvgIpc) is 3.19. The lowest BCUT2D eigenvalue weighted by atomic mass is 9.85. The minimum atomic E-state index is -5.12. The van der Waals surface area contributed by atoms with Crippen LogP contribution >= 0.6 is 7.82 Å². The van der Waals surface area contributed by atoms with Crippen LogP contribution in [-0.4, -0.2) is 98.3 Å². The maximum atomic E-state index is 12.8. The Kier molecular flexibility index (Phi) is 31.2. The van der Waals surface area contributed by atoms with Crippen molar-refractivity contribution < 1.29 is 63.1 Å². The number of ether oxygens (including phenoxy) is 2. The van der Waals surface area contributed by atoms with E-state index in [2.05, 4.69) is 62.5 Å². The maximum Gasteiger partial charge on any atom is 0.472 e. The fraction of sp³-hybridized carbons (Fsp3) is 0.767. The number of esters is 2. The molecule has 0 aromatic carbocycles. The van der Waals surface area contributed by atoms with Crippen molar-refractivity contribution in [2.75, 3.05) is 13.2 Å². The molecule has 57 heavy (non-hydrogen) atoms. The van der Waals surface area contributed by atoms with E-state index in [1.165, 1.54) is 44.9 Å². The van der Waals surface area contributed by atoms with Crippen molar-refractivity contribution in [3.63, 3.8) is 0 Å². The molecule has 0 aliphatic heterocycles. The molecule has 1 saturated carbocycles. The highest BCUT2D eigenvalue weighted by molar-refractivity contribution is 7.47.